The lowest BCUT2D eigenvalue weighted by Gasteiger charge is -2.11. The molecule has 1 aromatic carbocycles. The normalized spacial score (nSPS) is 10.8. The Morgan fingerprint density at radius 3 is 2.50 bits per heavy atom. The van der Waals surface area contributed by atoms with E-state index in [2.05, 4.69) is 38.0 Å². The quantitative estimate of drug-likeness (QED) is 0.472. The minimum atomic E-state index is 0. The van der Waals surface area contributed by atoms with Gasteiger partial charge in [-0.1, -0.05) is 30.3 Å². The van der Waals surface area contributed by atoms with Gasteiger partial charge in [-0.25, -0.2) is 0 Å². The standard InChI is InChI=1S/C13H18N6.HI/c1-14-13(15-8-11-6-4-3-5-7-11)16-9-12-18-17-10-19(12)2;/h3-7,10H,8-9H2,1-2H3,(H2,14,15,16);1H. The molecule has 0 saturated carbocycles. The van der Waals surface area contributed by atoms with E-state index in [4.69, 9.17) is 0 Å². The van der Waals surface area contributed by atoms with E-state index in [9.17, 15) is 0 Å². The largest absolute Gasteiger partial charge is 0.352 e. The molecule has 6 nitrogen and oxygen atoms in total. The molecular formula is C13H19IN6. The lowest BCUT2D eigenvalue weighted by molar-refractivity contribution is 0.725. The maximum atomic E-state index is 4.17. The summed E-state index contributed by atoms with van der Waals surface area (Å²) < 4.78 is 1.87. The monoisotopic (exact) mass is 386 g/mol. The van der Waals surface area contributed by atoms with E-state index >= 15 is 0 Å². The van der Waals surface area contributed by atoms with Crippen molar-refractivity contribution in [3.8, 4) is 0 Å². The minimum absolute atomic E-state index is 0. The van der Waals surface area contributed by atoms with Crippen molar-refractivity contribution in [2.45, 2.75) is 13.1 Å². The number of aliphatic imine (C=N–C) groups is 1. The van der Waals surface area contributed by atoms with Crippen LogP contribution in [0, 0.1) is 0 Å². The third kappa shape index (κ3) is 4.80. The Kier molecular flexibility index (Phi) is 6.99. The summed E-state index contributed by atoms with van der Waals surface area (Å²) in [5.41, 5.74) is 1.21. The van der Waals surface area contributed by atoms with Crippen LogP contribution in [0.3, 0.4) is 0 Å². The van der Waals surface area contributed by atoms with Crippen molar-refractivity contribution in [3.63, 3.8) is 0 Å². The van der Waals surface area contributed by atoms with E-state index in [0.717, 1.165) is 18.3 Å². The molecule has 108 valence electrons. The van der Waals surface area contributed by atoms with Crippen LogP contribution in [-0.2, 0) is 20.1 Å². The first-order valence-corrected chi connectivity index (χ1v) is 6.11. The number of aryl methyl sites for hydroxylation is 1. The molecule has 20 heavy (non-hydrogen) atoms. The minimum Gasteiger partial charge on any atom is -0.352 e. The van der Waals surface area contributed by atoms with Gasteiger partial charge in [-0.3, -0.25) is 4.99 Å². The average Bonchev–Trinajstić information content (AvgIpc) is 2.86. The van der Waals surface area contributed by atoms with Gasteiger partial charge in [-0.05, 0) is 5.56 Å². The van der Waals surface area contributed by atoms with Gasteiger partial charge in [0.2, 0.25) is 0 Å². The average molecular weight is 386 g/mol. The molecule has 1 aromatic heterocycles. The Morgan fingerprint density at radius 1 is 1.20 bits per heavy atom. The van der Waals surface area contributed by atoms with E-state index < -0.39 is 0 Å². The molecule has 1 heterocycles. The number of hydrogen-bond acceptors (Lipinski definition) is 3. The van der Waals surface area contributed by atoms with E-state index in [1.165, 1.54) is 5.56 Å². The highest BCUT2D eigenvalue weighted by Crippen LogP contribution is 1.97. The van der Waals surface area contributed by atoms with Crippen molar-refractivity contribution in [3.05, 3.63) is 48.0 Å². The second kappa shape index (κ2) is 8.51. The van der Waals surface area contributed by atoms with Crippen LogP contribution in [0.15, 0.2) is 41.7 Å². The Balaban J connectivity index is 0.00000200. The first kappa shape index (κ1) is 16.4. The van der Waals surface area contributed by atoms with Crippen molar-refractivity contribution in [2.75, 3.05) is 7.05 Å². The number of nitrogens with zero attached hydrogens (tertiary/aromatic N) is 4. The SMILES string of the molecule is CN=C(NCc1ccccc1)NCc1nncn1C.I. The maximum absolute atomic E-state index is 4.17. The molecule has 0 unspecified atom stereocenters. The second-order valence-electron chi connectivity index (χ2n) is 4.12. The molecule has 7 heteroatoms. The van der Waals surface area contributed by atoms with Crippen molar-refractivity contribution in [2.24, 2.45) is 12.0 Å². The molecule has 0 atom stereocenters. The third-order valence-corrected chi connectivity index (χ3v) is 2.75. The molecule has 0 spiro atoms. The van der Waals surface area contributed by atoms with Gasteiger partial charge in [0.1, 0.15) is 6.33 Å². The van der Waals surface area contributed by atoms with E-state index in [0.29, 0.717) is 6.54 Å². The zero-order chi connectivity index (χ0) is 13.5. The van der Waals surface area contributed by atoms with Gasteiger partial charge < -0.3 is 15.2 Å². The highest BCUT2D eigenvalue weighted by molar-refractivity contribution is 14.0. The summed E-state index contributed by atoms with van der Waals surface area (Å²) in [6.07, 6.45) is 1.68. The van der Waals surface area contributed by atoms with Crippen molar-refractivity contribution in [1.29, 1.82) is 0 Å². The molecule has 2 aromatic rings. The molecular weight excluding hydrogens is 367 g/mol. The molecule has 0 radical (unpaired) electrons. The number of benzene rings is 1. The van der Waals surface area contributed by atoms with Gasteiger partial charge in [0.15, 0.2) is 11.8 Å². The van der Waals surface area contributed by atoms with Crippen molar-refractivity contribution in [1.82, 2.24) is 25.4 Å². The van der Waals surface area contributed by atoms with E-state index in [1.54, 1.807) is 13.4 Å². The number of guanidine groups is 1. The Labute approximate surface area is 135 Å². The fourth-order valence-electron chi connectivity index (χ4n) is 1.63. The summed E-state index contributed by atoms with van der Waals surface area (Å²) in [5, 5.41) is 14.3. The fourth-order valence-corrected chi connectivity index (χ4v) is 1.63. The number of halogens is 1. The Hall–Kier alpha value is -1.64. The maximum Gasteiger partial charge on any atom is 0.191 e. The molecule has 2 rings (SSSR count). The van der Waals surface area contributed by atoms with Gasteiger partial charge in [-0.2, -0.15) is 0 Å². The number of rotatable bonds is 4. The topological polar surface area (TPSA) is 67.1 Å². The first-order valence-electron chi connectivity index (χ1n) is 6.11. The van der Waals surface area contributed by atoms with Crippen LogP contribution in [0.4, 0.5) is 0 Å². The lowest BCUT2D eigenvalue weighted by Crippen LogP contribution is -2.36. The molecule has 0 aliphatic rings. The van der Waals surface area contributed by atoms with Crippen LogP contribution >= 0.6 is 24.0 Å². The number of hydrogen-bond donors (Lipinski definition) is 2. The summed E-state index contributed by atoms with van der Waals surface area (Å²) >= 11 is 0. The van der Waals surface area contributed by atoms with Gasteiger partial charge in [0, 0.05) is 20.6 Å². The molecule has 0 amide bonds. The molecule has 0 aliphatic heterocycles. The first-order chi connectivity index (χ1) is 9.29. The second-order valence-corrected chi connectivity index (χ2v) is 4.12. The third-order valence-electron chi connectivity index (χ3n) is 2.75. The molecule has 0 bridgehead atoms. The molecule has 0 fully saturated rings. The van der Waals surface area contributed by atoms with E-state index in [-0.39, 0.29) is 24.0 Å². The summed E-state index contributed by atoms with van der Waals surface area (Å²) in [6, 6.07) is 10.2. The van der Waals surface area contributed by atoms with Crippen LogP contribution in [0.2, 0.25) is 0 Å². The van der Waals surface area contributed by atoms with Crippen LogP contribution in [0.1, 0.15) is 11.4 Å². The van der Waals surface area contributed by atoms with Crippen LogP contribution in [0.25, 0.3) is 0 Å². The number of aromatic nitrogens is 3. The smallest absolute Gasteiger partial charge is 0.191 e. The van der Waals surface area contributed by atoms with Gasteiger partial charge in [-0.15, -0.1) is 34.2 Å². The van der Waals surface area contributed by atoms with Crippen molar-refractivity contribution < 1.29 is 0 Å². The van der Waals surface area contributed by atoms with E-state index in [1.807, 2.05) is 29.8 Å². The highest BCUT2D eigenvalue weighted by atomic mass is 127. The number of nitrogens with one attached hydrogen (secondary N) is 2. The Morgan fingerprint density at radius 2 is 1.90 bits per heavy atom. The van der Waals surface area contributed by atoms with Gasteiger partial charge >= 0.3 is 0 Å². The van der Waals surface area contributed by atoms with Crippen LogP contribution < -0.4 is 10.6 Å². The zero-order valence-corrected chi connectivity index (χ0v) is 13.9. The summed E-state index contributed by atoms with van der Waals surface area (Å²) in [5.74, 6) is 1.61. The summed E-state index contributed by atoms with van der Waals surface area (Å²) in [7, 11) is 3.66. The van der Waals surface area contributed by atoms with Crippen LogP contribution in [0.5, 0.6) is 0 Å². The predicted octanol–water partition coefficient (Wildman–Crippen LogP) is 1.30. The molecule has 0 saturated heterocycles. The van der Waals surface area contributed by atoms with Crippen LogP contribution in [-0.4, -0.2) is 27.8 Å². The fraction of sp³-hybridized carbons (Fsp3) is 0.308. The summed E-state index contributed by atoms with van der Waals surface area (Å²) in [4.78, 5) is 4.17. The van der Waals surface area contributed by atoms with Gasteiger partial charge in [0.25, 0.3) is 0 Å². The lowest BCUT2D eigenvalue weighted by atomic mass is 10.2. The Bertz CT molecular complexity index is 537. The summed E-state index contributed by atoms with van der Waals surface area (Å²) in [6.45, 7) is 1.32. The molecule has 2 N–H and O–H groups in total. The van der Waals surface area contributed by atoms with Gasteiger partial charge in [0.05, 0.1) is 6.54 Å². The predicted molar refractivity (Wildman–Crippen MR) is 89.9 cm³/mol. The zero-order valence-electron chi connectivity index (χ0n) is 11.6. The highest BCUT2D eigenvalue weighted by Gasteiger charge is 2.02. The van der Waals surface area contributed by atoms with Crippen molar-refractivity contribution >= 4 is 29.9 Å². The molecule has 0 aliphatic carbocycles.